The molecule has 10 heteroatoms. The van der Waals surface area contributed by atoms with Crippen LogP contribution in [0.4, 0.5) is 10.1 Å². The second kappa shape index (κ2) is 9.03. The van der Waals surface area contributed by atoms with Crippen LogP contribution in [0.15, 0.2) is 36.9 Å². The first kappa shape index (κ1) is 21.6. The summed E-state index contributed by atoms with van der Waals surface area (Å²) in [4.78, 5) is 23.6. The van der Waals surface area contributed by atoms with E-state index >= 15 is 4.39 Å². The number of fused-ring (bicyclic) bond motifs is 2. The van der Waals surface area contributed by atoms with Crippen LogP contribution >= 0.6 is 0 Å². The molecule has 35 heavy (non-hydrogen) atoms. The summed E-state index contributed by atoms with van der Waals surface area (Å²) in [5, 5.41) is 10.8. The van der Waals surface area contributed by atoms with Crippen molar-refractivity contribution < 1.29 is 4.39 Å². The van der Waals surface area contributed by atoms with Gasteiger partial charge in [-0.3, -0.25) is 10.1 Å². The number of anilines is 1. The van der Waals surface area contributed by atoms with E-state index in [9.17, 15) is 0 Å². The van der Waals surface area contributed by atoms with E-state index in [0.29, 0.717) is 40.5 Å². The van der Waals surface area contributed by atoms with Crippen LogP contribution in [0.1, 0.15) is 31.7 Å². The Labute approximate surface area is 201 Å². The van der Waals surface area contributed by atoms with Gasteiger partial charge in [-0.05, 0) is 43.5 Å². The van der Waals surface area contributed by atoms with E-state index in [2.05, 4.69) is 40.3 Å². The van der Waals surface area contributed by atoms with Crippen molar-refractivity contribution in [3.63, 3.8) is 0 Å². The number of aromatic amines is 2. The van der Waals surface area contributed by atoms with Crippen molar-refractivity contribution in [3.05, 3.63) is 48.3 Å². The van der Waals surface area contributed by atoms with Gasteiger partial charge in [0, 0.05) is 55.5 Å². The van der Waals surface area contributed by atoms with E-state index in [4.69, 9.17) is 4.98 Å². The van der Waals surface area contributed by atoms with E-state index in [1.807, 2.05) is 19.1 Å². The minimum Gasteiger partial charge on any atom is -0.370 e. The third-order valence-corrected chi connectivity index (χ3v) is 6.50. The van der Waals surface area contributed by atoms with Gasteiger partial charge in [-0.1, -0.05) is 6.92 Å². The fourth-order valence-corrected chi connectivity index (χ4v) is 4.73. The average Bonchev–Trinajstić information content (AvgIpc) is 3.53. The van der Waals surface area contributed by atoms with Crippen molar-refractivity contribution >= 4 is 27.9 Å². The molecule has 0 bridgehead atoms. The maximum atomic E-state index is 15.9. The van der Waals surface area contributed by atoms with Crippen molar-refractivity contribution in [2.75, 3.05) is 24.5 Å². The molecule has 1 saturated heterocycles. The van der Waals surface area contributed by atoms with Gasteiger partial charge < -0.3 is 15.2 Å². The first-order valence-electron chi connectivity index (χ1n) is 12.0. The lowest BCUT2D eigenvalue weighted by Crippen LogP contribution is -2.29. The van der Waals surface area contributed by atoms with E-state index in [1.54, 1.807) is 18.6 Å². The van der Waals surface area contributed by atoms with Crippen molar-refractivity contribution in [2.24, 2.45) is 0 Å². The highest BCUT2D eigenvalue weighted by atomic mass is 19.1. The lowest BCUT2D eigenvalue weighted by atomic mass is 10.1. The molecule has 0 amide bonds. The smallest absolute Gasteiger partial charge is 0.161 e. The second-order valence-corrected chi connectivity index (χ2v) is 8.80. The fourth-order valence-electron chi connectivity index (χ4n) is 4.73. The molecule has 5 aromatic heterocycles. The standard InChI is InChI=1S/C25H26FN9/c1-2-27-11-15-10-16(13-28-12-15)17-14-30-23-19(20(17)26)22(33-34-23)25-31-21-18(6-7-29-24(21)32-25)35-8-4-3-5-9-35/h6-7,10,12-14,27H,2-5,8-9,11H2,1H3,(H,29,31,32)(H,30,33,34). The molecule has 178 valence electrons. The van der Waals surface area contributed by atoms with Gasteiger partial charge >= 0.3 is 0 Å². The number of aromatic nitrogens is 7. The van der Waals surface area contributed by atoms with Gasteiger partial charge in [0.05, 0.1) is 11.1 Å². The molecular weight excluding hydrogens is 445 g/mol. The molecule has 0 spiro atoms. The number of hydrogen-bond donors (Lipinski definition) is 3. The average molecular weight is 472 g/mol. The third-order valence-electron chi connectivity index (χ3n) is 6.50. The van der Waals surface area contributed by atoms with E-state index < -0.39 is 5.82 Å². The van der Waals surface area contributed by atoms with Gasteiger partial charge in [0.25, 0.3) is 0 Å². The molecule has 6 rings (SSSR count). The minimum absolute atomic E-state index is 0.290. The van der Waals surface area contributed by atoms with Gasteiger partial charge in [0.2, 0.25) is 0 Å². The summed E-state index contributed by atoms with van der Waals surface area (Å²) in [6.45, 7) is 5.54. The molecule has 6 heterocycles. The van der Waals surface area contributed by atoms with E-state index in [0.717, 1.165) is 49.2 Å². The molecule has 0 unspecified atom stereocenters. The molecule has 0 saturated carbocycles. The summed E-state index contributed by atoms with van der Waals surface area (Å²) < 4.78 is 15.9. The quantitative estimate of drug-likeness (QED) is 0.340. The van der Waals surface area contributed by atoms with E-state index in [-0.39, 0.29) is 5.39 Å². The predicted molar refractivity (Wildman–Crippen MR) is 133 cm³/mol. The normalized spacial score (nSPS) is 14.3. The van der Waals surface area contributed by atoms with Crippen LogP contribution in [0, 0.1) is 5.82 Å². The first-order chi connectivity index (χ1) is 17.2. The third kappa shape index (κ3) is 3.89. The summed E-state index contributed by atoms with van der Waals surface area (Å²) in [5.74, 6) is 0.0471. The Balaban J connectivity index is 1.44. The molecule has 0 aromatic carbocycles. The monoisotopic (exact) mass is 471 g/mol. The molecule has 3 N–H and O–H groups in total. The van der Waals surface area contributed by atoms with Crippen molar-refractivity contribution in [1.29, 1.82) is 0 Å². The molecular formula is C25H26FN9. The number of H-pyrrole nitrogens is 2. The second-order valence-electron chi connectivity index (χ2n) is 8.80. The number of imidazole rings is 1. The Hall–Kier alpha value is -3.92. The van der Waals surface area contributed by atoms with Crippen LogP contribution in [0.25, 0.3) is 44.8 Å². The van der Waals surface area contributed by atoms with Gasteiger partial charge in [0.15, 0.2) is 17.1 Å². The summed E-state index contributed by atoms with van der Waals surface area (Å²) in [7, 11) is 0. The summed E-state index contributed by atoms with van der Waals surface area (Å²) in [5.41, 5.74) is 5.22. The highest BCUT2D eigenvalue weighted by molar-refractivity contribution is 5.95. The SMILES string of the molecule is CCNCc1cncc(-c2cnc3[nH]nc(-c4nc5c(N6CCCCC6)ccnc5[nH]4)c3c2F)c1. The fraction of sp³-hybridized carbons (Fsp3) is 0.320. The van der Waals surface area contributed by atoms with E-state index in [1.165, 1.54) is 12.6 Å². The van der Waals surface area contributed by atoms with Gasteiger partial charge in [-0.15, -0.1) is 0 Å². The highest BCUT2D eigenvalue weighted by Gasteiger charge is 2.22. The zero-order valence-corrected chi connectivity index (χ0v) is 19.5. The molecule has 1 fully saturated rings. The van der Waals surface area contributed by atoms with Crippen LogP contribution in [0.3, 0.4) is 0 Å². The predicted octanol–water partition coefficient (Wildman–Crippen LogP) is 4.20. The van der Waals surface area contributed by atoms with Gasteiger partial charge in [-0.25, -0.2) is 19.3 Å². The molecule has 1 aliphatic rings. The lowest BCUT2D eigenvalue weighted by molar-refractivity contribution is 0.578. The van der Waals surface area contributed by atoms with Crippen LogP contribution in [-0.4, -0.2) is 54.8 Å². The van der Waals surface area contributed by atoms with Crippen LogP contribution in [0.5, 0.6) is 0 Å². The molecule has 0 aliphatic carbocycles. The van der Waals surface area contributed by atoms with Crippen molar-refractivity contribution in [3.8, 4) is 22.6 Å². The van der Waals surface area contributed by atoms with Crippen LogP contribution in [-0.2, 0) is 6.54 Å². The van der Waals surface area contributed by atoms with Crippen LogP contribution in [0.2, 0.25) is 0 Å². The van der Waals surface area contributed by atoms with Crippen LogP contribution < -0.4 is 10.2 Å². The van der Waals surface area contributed by atoms with Crippen molar-refractivity contribution in [1.82, 2.24) is 40.4 Å². The Morgan fingerprint density at radius 3 is 2.83 bits per heavy atom. The van der Waals surface area contributed by atoms with Crippen molar-refractivity contribution in [2.45, 2.75) is 32.7 Å². The molecule has 9 nitrogen and oxygen atoms in total. The number of pyridine rings is 3. The zero-order chi connectivity index (χ0) is 23.8. The maximum Gasteiger partial charge on any atom is 0.161 e. The number of nitrogens with zero attached hydrogens (tertiary/aromatic N) is 6. The topological polar surface area (TPSA) is 111 Å². The van der Waals surface area contributed by atoms with Gasteiger partial charge in [0.1, 0.15) is 17.0 Å². The Bertz CT molecular complexity index is 1500. The molecule has 5 aromatic rings. The largest absolute Gasteiger partial charge is 0.370 e. The minimum atomic E-state index is -0.411. The number of nitrogens with one attached hydrogen (secondary N) is 3. The zero-order valence-electron chi connectivity index (χ0n) is 19.5. The maximum absolute atomic E-state index is 15.9. The highest BCUT2D eigenvalue weighted by Crippen LogP contribution is 2.34. The Morgan fingerprint density at radius 2 is 1.97 bits per heavy atom. The first-order valence-corrected chi connectivity index (χ1v) is 12.0. The molecule has 0 atom stereocenters. The summed E-state index contributed by atoms with van der Waals surface area (Å²) in [6, 6.07) is 3.92. The number of halogens is 1. The lowest BCUT2D eigenvalue weighted by Gasteiger charge is -2.28. The molecule has 0 radical (unpaired) electrons. The van der Waals surface area contributed by atoms with Gasteiger partial charge in [-0.2, -0.15) is 5.10 Å². The number of hydrogen-bond acceptors (Lipinski definition) is 7. The Morgan fingerprint density at radius 1 is 1.09 bits per heavy atom. The summed E-state index contributed by atoms with van der Waals surface area (Å²) in [6.07, 6.45) is 10.3. The Kier molecular flexibility index (Phi) is 5.57. The number of rotatable bonds is 6. The number of piperidine rings is 1. The summed E-state index contributed by atoms with van der Waals surface area (Å²) >= 11 is 0. The molecule has 1 aliphatic heterocycles.